The fourth-order valence-electron chi connectivity index (χ4n) is 3.39. The van der Waals surface area contributed by atoms with Crippen LogP contribution >= 0.6 is 0 Å². The zero-order valence-corrected chi connectivity index (χ0v) is 13.7. The molecule has 1 saturated heterocycles. The number of hydrogen-bond donors (Lipinski definition) is 1. The van der Waals surface area contributed by atoms with Gasteiger partial charge in [-0.3, -0.25) is 0 Å². The fourth-order valence-corrected chi connectivity index (χ4v) is 3.39. The molecule has 4 heteroatoms. The molecule has 0 saturated carbocycles. The van der Waals surface area contributed by atoms with Crippen molar-refractivity contribution in [3.8, 4) is 0 Å². The lowest BCUT2D eigenvalue weighted by Crippen LogP contribution is -2.47. The first-order chi connectivity index (χ1) is 9.63. The molecule has 1 aromatic rings. The Hall–Kier alpha value is -0.970. The summed E-state index contributed by atoms with van der Waals surface area (Å²) in [5.74, 6) is 0.0557. The number of halogens is 1. The summed E-state index contributed by atoms with van der Waals surface area (Å²) in [5.41, 5.74) is 6.49. The molecule has 1 aliphatic rings. The highest BCUT2D eigenvalue weighted by atomic mass is 19.1. The average Bonchev–Trinajstić information content (AvgIpc) is 2.50. The maximum Gasteiger partial charge on any atom is 0.127 e. The summed E-state index contributed by atoms with van der Waals surface area (Å²) in [6.07, 6.45) is 0. The molecule has 1 aromatic carbocycles. The lowest BCUT2D eigenvalue weighted by molar-refractivity contribution is -0.0782. The van der Waals surface area contributed by atoms with Crippen LogP contribution in [0, 0.1) is 11.7 Å². The van der Waals surface area contributed by atoms with Crippen LogP contribution in [0.4, 0.5) is 4.39 Å². The van der Waals surface area contributed by atoms with E-state index >= 15 is 0 Å². The zero-order valence-electron chi connectivity index (χ0n) is 13.7. The Labute approximate surface area is 127 Å². The number of ether oxygens (including phenoxy) is 1. The molecule has 2 rings (SSSR count). The molecular formula is C17H27FN2O. The van der Waals surface area contributed by atoms with E-state index in [0.29, 0.717) is 12.1 Å². The molecule has 1 fully saturated rings. The van der Waals surface area contributed by atoms with Crippen molar-refractivity contribution < 1.29 is 9.13 Å². The van der Waals surface area contributed by atoms with Gasteiger partial charge < -0.3 is 15.4 Å². The van der Waals surface area contributed by atoms with Crippen molar-refractivity contribution in [3.05, 3.63) is 35.6 Å². The summed E-state index contributed by atoms with van der Waals surface area (Å²) in [6, 6.07) is 6.87. The maximum absolute atomic E-state index is 13.7. The largest absolute Gasteiger partial charge is 0.368 e. The minimum Gasteiger partial charge on any atom is -0.368 e. The molecule has 1 aliphatic heterocycles. The predicted molar refractivity (Wildman–Crippen MR) is 83.4 cm³/mol. The minimum atomic E-state index is -0.326. The molecule has 3 nitrogen and oxygen atoms in total. The van der Waals surface area contributed by atoms with Gasteiger partial charge in [0.1, 0.15) is 5.82 Å². The summed E-state index contributed by atoms with van der Waals surface area (Å²) < 4.78 is 19.8. The summed E-state index contributed by atoms with van der Waals surface area (Å²) in [6.45, 7) is 9.61. The molecule has 2 unspecified atom stereocenters. The summed E-state index contributed by atoms with van der Waals surface area (Å²) in [4.78, 5) is 2.12. The molecule has 21 heavy (non-hydrogen) atoms. The van der Waals surface area contributed by atoms with Crippen LogP contribution in [-0.2, 0) is 11.3 Å². The van der Waals surface area contributed by atoms with E-state index in [1.54, 1.807) is 6.07 Å². The van der Waals surface area contributed by atoms with Gasteiger partial charge in [0.05, 0.1) is 11.2 Å². The second-order valence-corrected chi connectivity index (χ2v) is 7.23. The van der Waals surface area contributed by atoms with Crippen molar-refractivity contribution in [2.75, 3.05) is 13.6 Å². The second kappa shape index (κ2) is 5.67. The van der Waals surface area contributed by atoms with Gasteiger partial charge in [-0.25, -0.2) is 4.39 Å². The lowest BCUT2D eigenvalue weighted by atomic mass is 9.83. The highest BCUT2D eigenvalue weighted by Gasteiger charge is 2.52. The summed E-state index contributed by atoms with van der Waals surface area (Å²) >= 11 is 0. The van der Waals surface area contributed by atoms with Crippen LogP contribution in [0.3, 0.4) is 0 Å². The van der Waals surface area contributed by atoms with Crippen LogP contribution in [0.5, 0.6) is 0 Å². The topological polar surface area (TPSA) is 38.5 Å². The third kappa shape index (κ3) is 3.44. The summed E-state index contributed by atoms with van der Waals surface area (Å²) in [7, 11) is 2.00. The summed E-state index contributed by atoms with van der Waals surface area (Å²) in [5, 5.41) is 0. The van der Waals surface area contributed by atoms with E-state index < -0.39 is 0 Å². The zero-order chi connectivity index (χ0) is 15.8. The molecule has 2 atom stereocenters. The predicted octanol–water partition coefficient (Wildman–Crippen LogP) is 2.79. The van der Waals surface area contributed by atoms with E-state index in [1.807, 2.05) is 33.0 Å². The first-order valence-corrected chi connectivity index (χ1v) is 7.51. The quantitative estimate of drug-likeness (QED) is 0.928. The first kappa shape index (κ1) is 16.4. The number of nitrogens with two attached hydrogens (primary N) is 1. The van der Waals surface area contributed by atoms with Crippen molar-refractivity contribution in [1.29, 1.82) is 0 Å². The third-order valence-corrected chi connectivity index (χ3v) is 4.56. The Bertz CT molecular complexity index is 501. The van der Waals surface area contributed by atoms with Gasteiger partial charge in [-0.05, 0) is 40.8 Å². The van der Waals surface area contributed by atoms with Crippen LogP contribution in [0.2, 0.25) is 0 Å². The van der Waals surface area contributed by atoms with Gasteiger partial charge in [-0.1, -0.05) is 18.2 Å². The Morgan fingerprint density at radius 2 is 1.81 bits per heavy atom. The van der Waals surface area contributed by atoms with Crippen LogP contribution < -0.4 is 5.73 Å². The number of hydrogen-bond acceptors (Lipinski definition) is 3. The normalized spacial score (nSPS) is 27.2. The van der Waals surface area contributed by atoms with E-state index in [4.69, 9.17) is 10.5 Å². The van der Waals surface area contributed by atoms with E-state index in [-0.39, 0.29) is 29.0 Å². The second-order valence-electron chi connectivity index (χ2n) is 7.23. The van der Waals surface area contributed by atoms with Crippen LogP contribution in [0.15, 0.2) is 24.3 Å². The van der Waals surface area contributed by atoms with Crippen molar-refractivity contribution in [3.63, 3.8) is 0 Å². The van der Waals surface area contributed by atoms with Crippen molar-refractivity contribution >= 4 is 0 Å². The maximum atomic E-state index is 13.7. The standard InChI is InChI=1S/C17H27FN2O/c1-16(2)13(15(19)17(3,4)21-16)11-20(5)10-12-8-6-7-9-14(12)18/h6-9,13,15H,10-11,19H2,1-5H3. The molecular weight excluding hydrogens is 267 g/mol. The Morgan fingerprint density at radius 1 is 1.19 bits per heavy atom. The van der Waals surface area contributed by atoms with E-state index in [9.17, 15) is 4.39 Å². The van der Waals surface area contributed by atoms with Gasteiger partial charge in [0.25, 0.3) is 0 Å². The average molecular weight is 294 g/mol. The van der Waals surface area contributed by atoms with Crippen molar-refractivity contribution in [1.82, 2.24) is 4.90 Å². The number of rotatable bonds is 4. The lowest BCUT2D eigenvalue weighted by Gasteiger charge is -2.31. The number of nitrogens with zero attached hydrogens (tertiary/aromatic N) is 1. The SMILES string of the molecule is CN(Cc1ccccc1F)CC1C(N)C(C)(C)OC1(C)C. The third-order valence-electron chi connectivity index (χ3n) is 4.56. The molecule has 0 spiro atoms. The van der Waals surface area contributed by atoms with Crippen molar-refractivity contribution in [2.24, 2.45) is 11.7 Å². The molecule has 0 amide bonds. The Morgan fingerprint density at radius 3 is 2.33 bits per heavy atom. The molecule has 1 heterocycles. The van der Waals surface area contributed by atoms with Gasteiger partial charge in [0.2, 0.25) is 0 Å². The highest BCUT2D eigenvalue weighted by Crippen LogP contribution is 2.41. The Balaban J connectivity index is 2.06. The van der Waals surface area contributed by atoms with Gasteiger partial charge >= 0.3 is 0 Å². The first-order valence-electron chi connectivity index (χ1n) is 7.51. The van der Waals surface area contributed by atoms with Gasteiger partial charge in [0, 0.05) is 30.6 Å². The van der Waals surface area contributed by atoms with E-state index in [0.717, 1.165) is 6.54 Å². The molecule has 118 valence electrons. The molecule has 0 radical (unpaired) electrons. The molecule has 0 bridgehead atoms. The molecule has 2 N–H and O–H groups in total. The molecule has 0 aliphatic carbocycles. The van der Waals surface area contributed by atoms with E-state index in [1.165, 1.54) is 6.07 Å². The Kier molecular flexibility index (Phi) is 4.43. The van der Waals surface area contributed by atoms with Gasteiger partial charge in [-0.15, -0.1) is 0 Å². The van der Waals surface area contributed by atoms with Crippen LogP contribution in [-0.4, -0.2) is 35.7 Å². The smallest absolute Gasteiger partial charge is 0.127 e. The minimum absolute atomic E-state index is 0.0319. The highest BCUT2D eigenvalue weighted by molar-refractivity contribution is 5.17. The fraction of sp³-hybridized carbons (Fsp3) is 0.647. The van der Waals surface area contributed by atoms with Crippen LogP contribution in [0.25, 0.3) is 0 Å². The number of benzene rings is 1. The van der Waals surface area contributed by atoms with Crippen molar-refractivity contribution in [2.45, 2.75) is 51.5 Å². The monoisotopic (exact) mass is 294 g/mol. The van der Waals surface area contributed by atoms with E-state index in [2.05, 4.69) is 18.7 Å². The van der Waals surface area contributed by atoms with Gasteiger partial charge in [0.15, 0.2) is 0 Å². The van der Waals surface area contributed by atoms with Crippen LogP contribution in [0.1, 0.15) is 33.3 Å². The van der Waals surface area contributed by atoms with Gasteiger partial charge in [-0.2, -0.15) is 0 Å². The molecule has 0 aromatic heterocycles.